The van der Waals surface area contributed by atoms with Crippen LogP contribution >= 0.6 is 0 Å². The summed E-state index contributed by atoms with van der Waals surface area (Å²) in [5.41, 5.74) is 0.0243. The highest BCUT2D eigenvalue weighted by atomic mass is 19.4. The second-order valence-electron chi connectivity index (χ2n) is 13.1. The van der Waals surface area contributed by atoms with Crippen molar-refractivity contribution >= 4 is 29.0 Å². The number of carboxylic acids is 2. The molecule has 2 aromatic carbocycles. The molecule has 0 spiro atoms. The minimum absolute atomic E-state index is 0.00608. The summed E-state index contributed by atoms with van der Waals surface area (Å²) in [6.07, 6.45) is -7.86. The van der Waals surface area contributed by atoms with Gasteiger partial charge in [0.2, 0.25) is 11.4 Å². The molecule has 2 N–H and O–H groups in total. The zero-order valence-corrected chi connectivity index (χ0v) is 28.5. The Bertz CT molecular complexity index is 2030. The van der Waals surface area contributed by atoms with Crippen molar-refractivity contribution in [1.29, 1.82) is 10.5 Å². The minimum atomic E-state index is -4.98. The lowest BCUT2D eigenvalue weighted by molar-refractivity contribution is -0.437. The number of aliphatic carboxylic acids is 2. The molecule has 2 heterocycles. The molecule has 0 saturated carbocycles. The molecule has 0 bridgehead atoms. The van der Waals surface area contributed by atoms with Crippen molar-refractivity contribution in [2.75, 3.05) is 18.0 Å². The fourth-order valence-electron chi connectivity index (χ4n) is 6.72. The molecule has 274 valence electrons. The van der Waals surface area contributed by atoms with Gasteiger partial charge in [-0.1, -0.05) is 13.8 Å². The number of ether oxygens (including phenoxy) is 2. The molecule has 2 aliphatic heterocycles. The van der Waals surface area contributed by atoms with Gasteiger partial charge in [0.1, 0.15) is 35.6 Å². The Morgan fingerprint density at radius 1 is 0.846 bits per heavy atom. The summed E-state index contributed by atoms with van der Waals surface area (Å²) in [6.45, 7) is 7.90. The fraction of sp³-hybridized carbons (Fsp3) is 0.361. The summed E-state index contributed by atoms with van der Waals surface area (Å²) < 4.78 is 88.1. The third-order valence-electron chi connectivity index (χ3n) is 8.65. The van der Waals surface area contributed by atoms with Gasteiger partial charge in [0.15, 0.2) is 6.54 Å². The molecule has 2 aliphatic rings. The van der Waals surface area contributed by atoms with E-state index < -0.39 is 47.0 Å². The second kappa shape index (κ2) is 14.1. The van der Waals surface area contributed by atoms with Gasteiger partial charge in [-0.15, -0.1) is 26.3 Å². The lowest BCUT2D eigenvalue weighted by Crippen LogP contribution is -2.31. The Morgan fingerprint density at radius 3 is 1.92 bits per heavy atom. The van der Waals surface area contributed by atoms with Crippen LogP contribution in [0.2, 0.25) is 0 Å². The number of fused-ring (bicyclic) bond motifs is 2. The largest absolute Gasteiger partial charge is 0.573 e. The van der Waals surface area contributed by atoms with Gasteiger partial charge in [-0.2, -0.15) is 15.1 Å². The predicted molar refractivity (Wildman–Crippen MR) is 174 cm³/mol. The first-order valence-corrected chi connectivity index (χ1v) is 15.6. The smallest absolute Gasteiger partial charge is 0.481 e. The summed E-state index contributed by atoms with van der Waals surface area (Å²) in [5, 5.41) is 39.7. The first-order chi connectivity index (χ1) is 24.0. The molecule has 0 aliphatic carbocycles. The monoisotopic (exact) mass is 731 g/mol. The van der Waals surface area contributed by atoms with Gasteiger partial charge in [0, 0.05) is 35.0 Å². The highest BCUT2D eigenvalue weighted by Crippen LogP contribution is 2.51. The van der Waals surface area contributed by atoms with Crippen LogP contribution in [0.5, 0.6) is 11.5 Å². The Labute approximate surface area is 294 Å². The average molecular weight is 732 g/mol. The van der Waals surface area contributed by atoms with Crippen LogP contribution < -0.4 is 14.4 Å². The van der Waals surface area contributed by atoms with E-state index in [2.05, 4.69) is 21.6 Å². The van der Waals surface area contributed by atoms with Crippen LogP contribution in [0.4, 0.5) is 37.7 Å². The molecule has 52 heavy (non-hydrogen) atoms. The van der Waals surface area contributed by atoms with Crippen molar-refractivity contribution < 1.29 is 60.2 Å². The van der Waals surface area contributed by atoms with Crippen molar-refractivity contribution in [3.63, 3.8) is 0 Å². The number of nitriles is 2. The predicted octanol–water partition coefficient (Wildman–Crippen LogP) is 7.78. The van der Waals surface area contributed by atoms with Crippen LogP contribution in [0.1, 0.15) is 58.6 Å². The van der Waals surface area contributed by atoms with E-state index in [-0.39, 0.29) is 48.5 Å². The maximum Gasteiger partial charge on any atom is 0.573 e. The van der Waals surface area contributed by atoms with Crippen molar-refractivity contribution in [2.24, 2.45) is 0 Å². The average Bonchev–Trinajstić information content (AvgIpc) is 3.36. The molecule has 0 aromatic heterocycles. The minimum Gasteiger partial charge on any atom is -0.481 e. The van der Waals surface area contributed by atoms with Crippen LogP contribution in [0.15, 0.2) is 71.0 Å². The van der Waals surface area contributed by atoms with E-state index in [1.807, 2.05) is 0 Å². The van der Waals surface area contributed by atoms with Gasteiger partial charge in [-0.25, -0.2) is 0 Å². The second-order valence-corrected chi connectivity index (χ2v) is 13.1. The first kappa shape index (κ1) is 39.0. The number of carboxylic acid groups (broad SMARTS) is 2. The van der Waals surface area contributed by atoms with Crippen molar-refractivity contribution in [1.82, 2.24) is 0 Å². The van der Waals surface area contributed by atoms with Gasteiger partial charge in [0.05, 0.1) is 17.4 Å². The van der Waals surface area contributed by atoms with Crippen molar-refractivity contribution in [3.05, 3.63) is 82.1 Å². The van der Waals surface area contributed by atoms with Crippen molar-refractivity contribution in [2.45, 2.75) is 71.0 Å². The van der Waals surface area contributed by atoms with Crippen LogP contribution in [0, 0.1) is 22.7 Å². The SMILES string of the molecule is CC(/C=C(\C#N)C1=[N+](CCC(=O)O)c2ccc(OC(F)(F)F)cc2C1(C)C)=C\C(C#N)=C1\N(CCC(=O)O)c2ccc(OC(F)(F)F)cc2C1(C)C. The number of rotatable bonds is 11. The molecule has 0 atom stereocenters. The molecule has 4 rings (SSSR count). The Kier molecular flexibility index (Phi) is 10.6. The van der Waals surface area contributed by atoms with Gasteiger partial charge in [-0.3, -0.25) is 9.59 Å². The topological polar surface area (TPSA) is 147 Å². The van der Waals surface area contributed by atoms with Crippen LogP contribution in [0.25, 0.3) is 0 Å². The Balaban J connectivity index is 1.88. The molecule has 0 fully saturated rings. The maximum atomic E-state index is 13.1. The number of hydrogen-bond donors (Lipinski definition) is 2. The molecule has 0 saturated heterocycles. The number of hydrogen-bond acceptors (Lipinski definition) is 7. The Morgan fingerprint density at radius 2 is 1.40 bits per heavy atom. The normalized spacial score (nSPS) is 17.6. The molecule has 2 aromatic rings. The van der Waals surface area contributed by atoms with Gasteiger partial charge >= 0.3 is 24.7 Å². The number of halogens is 6. The number of nitrogens with zero attached hydrogens (tertiary/aromatic N) is 4. The number of benzene rings is 2. The molecule has 0 unspecified atom stereocenters. The molecule has 0 radical (unpaired) electrons. The Hall–Kier alpha value is -5.77. The molecule has 0 amide bonds. The van der Waals surface area contributed by atoms with Crippen molar-refractivity contribution in [3.8, 4) is 23.6 Å². The van der Waals surface area contributed by atoms with E-state index in [1.165, 1.54) is 45.9 Å². The third-order valence-corrected chi connectivity index (χ3v) is 8.65. The van der Waals surface area contributed by atoms with E-state index in [0.717, 1.165) is 12.1 Å². The van der Waals surface area contributed by atoms with E-state index in [4.69, 9.17) is 0 Å². The molecule has 16 heteroatoms. The lowest BCUT2D eigenvalue weighted by atomic mass is 9.78. The third kappa shape index (κ3) is 8.23. The summed E-state index contributed by atoms with van der Waals surface area (Å²) in [6, 6.07) is 11.4. The summed E-state index contributed by atoms with van der Waals surface area (Å²) in [4.78, 5) is 24.7. The van der Waals surface area contributed by atoms with Gasteiger partial charge in [-0.05, 0) is 74.4 Å². The van der Waals surface area contributed by atoms with E-state index in [9.17, 15) is 56.7 Å². The molecule has 10 nitrogen and oxygen atoms in total. The quantitative estimate of drug-likeness (QED) is 0.102. The fourth-order valence-corrected chi connectivity index (χ4v) is 6.72. The molecular weight excluding hydrogens is 698 g/mol. The van der Waals surface area contributed by atoms with Gasteiger partial charge < -0.3 is 24.6 Å². The van der Waals surface area contributed by atoms with E-state index in [1.54, 1.807) is 34.6 Å². The van der Waals surface area contributed by atoms with Gasteiger partial charge in [0.25, 0.3) is 0 Å². The standard InChI is InChI=1S/C36H32F6N4O6/c1-20(14-21(18-43)31-33(2,3)25-16-23(51-35(37,38)39)6-8-27(25)45(31)12-10-29(47)48)15-22(19-44)32-34(4,5)26-17-24(52-36(40,41)42)7-9-28(26)46(32)13-11-30(49)50/h6-9,14-17H,10-13H2,1-5H3,(H-,47,48,49,50)/p+1. The lowest BCUT2D eigenvalue weighted by Gasteiger charge is -2.27. The zero-order chi connectivity index (χ0) is 39.0. The summed E-state index contributed by atoms with van der Waals surface area (Å²) in [7, 11) is 0. The van der Waals surface area contributed by atoms with E-state index >= 15 is 0 Å². The highest BCUT2D eigenvalue weighted by Gasteiger charge is 2.48. The maximum absolute atomic E-state index is 13.1. The van der Waals surface area contributed by atoms with Crippen LogP contribution in [-0.2, 0) is 20.4 Å². The number of carbonyl (C=O) groups is 2. The first-order valence-electron chi connectivity index (χ1n) is 15.6. The molecular formula is C36H33F6N4O6+. The summed E-state index contributed by atoms with van der Waals surface area (Å²) in [5.74, 6) is -3.33. The van der Waals surface area contributed by atoms with Crippen LogP contribution in [0.3, 0.4) is 0 Å². The summed E-state index contributed by atoms with van der Waals surface area (Å²) >= 11 is 0. The zero-order valence-electron chi connectivity index (χ0n) is 28.5. The number of anilines is 1. The van der Waals surface area contributed by atoms with E-state index in [0.29, 0.717) is 28.1 Å². The number of allylic oxidation sites excluding steroid dienone is 6. The van der Waals surface area contributed by atoms with Crippen LogP contribution in [-0.4, -0.2) is 58.3 Å². The number of alkyl halides is 6. The highest BCUT2D eigenvalue weighted by molar-refractivity contribution is 6.10.